The quantitative estimate of drug-likeness (QED) is 0.521. The van der Waals surface area contributed by atoms with E-state index in [1.54, 1.807) is 6.07 Å². The molecule has 0 aliphatic rings. The Balaban J connectivity index is 3.04. The fourth-order valence-corrected chi connectivity index (χ4v) is 1.71. The predicted octanol–water partition coefficient (Wildman–Crippen LogP) is 1.92. The van der Waals surface area contributed by atoms with Gasteiger partial charge in [0.25, 0.3) is 5.69 Å². The molecule has 0 bridgehead atoms. The number of nitrogens with zero attached hydrogens (tertiary/aromatic N) is 1. The molecule has 1 aromatic carbocycles. The van der Waals surface area contributed by atoms with Gasteiger partial charge in [0.1, 0.15) is 0 Å². The minimum Gasteiger partial charge on any atom is -0.469 e. The van der Waals surface area contributed by atoms with Gasteiger partial charge in [-0.15, -0.1) is 0 Å². The van der Waals surface area contributed by atoms with Crippen LogP contribution < -0.4 is 5.73 Å². The van der Waals surface area contributed by atoms with Crippen LogP contribution >= 0.6 is 15.9 Å². The molecule has 0 aliphatic heterocycles. The number of carbonyl (C=O) groups is 1. The van der Waals surface area contributed by atoms with Crippen LogP contribution in [-0.4, -0.2) is 18.0 Å². The van der Waals surface area contributed by atoms with E-state index >= 15 is 0 Å². The Morgan fingerprint density at radius 2 is 2.29 bits per heavy atom. The summed E-state index contributed by atoms with van der Waals surface area (Å²) in [6.45, 7) is 0. The van der Waals surface area contributed by atoms with Crippen LogP contribution in [-0.2, 0) is 9.53 Å². The summed E-state index contributed by atoms with van der Waals surface area (Å²) >= 11 is 3.14. The molecule has 0 saturated carbocycles. The topological polar surface area (TPSA) is 95.5 Å². The molecule has 0 fully saturated rings. The van der Waals surface area contributed by atoms with Crippen LogP contribution in [0.5, 0.6) is 0 Å². The van der Waals surface area contributed by atoms with Crippen LogP contribution in [0.3, 0.4) is 0 Å². The molecule has 0 saturated heterocycles. The largest absolute Gasteiger partial charge is 0.469 e. The first kappa shape index (κ1) is 13.6. The van der Waals surface area contributed by atoms with Gasteiger partial charge in [0.2, 0.25) is 0 Å². The number of halogens is 1. The third kappa shape index (κ3) is 3.50. The summed E-state index contributed by atoms with van der Waals surface area (Å²) in [7, 11) is 1.24. The van der Waals surface area contributed by atoms with Crippen molar-refractivity contribution in [2.45, 2.75) is 12.5 Å². The highest BCUT2D eigenvalue weighted by Crippen LogP contribution is 2.28. The molecule has 0 unspecified atom stereocenters. The van der Waals surface area contributed by atoms with E-state index in [0.717, 1.165) is 0 Å². The highest BCUT2D eigenvalue weighted by Gasteiger charge is 2.21. The van der Waals surface area contributed by atoms with Gasteiger partial charge in [-0.3, -0.25) is 14.9 Å². The maximum absolute atomic E-state index is 11.1. The molecule has 92 valence electrons. The van der Waals surface area contributed by atoms with E-state index in [0.29, 0.717) is 10.0 Å². The Morgan fingerprint density at radius 3 is 2.82 bits per heavy atom. The van der Waals surface area contributed by atoms with Gasteiger partial charge < -0.3 is 10.5 Å². The molecule has 2 N–H and O–H groups in total. The van der Waals surface area contributed by atoms with Crippen LogP contribution in [0.1, 0.15) is 18.0 Å². The monoisotopic (exact) mass is 302 g/mol. The zero-order valence-corrected chi connectivity index (χ0v) is 10.6. The minimum absolute atomic E-state index is 0.0982. The smallest absolute Gasteiger partial charge is 0.307 e. The molecule has 1 atom stereocenters. The second-order valence-electron chi connectivity index (χ2n) is 3.35. The van der Waals surface area contributed by atoms with E-state index in [-0.39, 0.29) is 12.1 Å². The van der Waals surface area contributed by atoms with Crippen molar-refractivity contribution in [1.82, 2.24) is 0 Å². The van der Waals surface area contributed by atoms with Gasteiger partial charge in [-0.1, -0.05) is 15.9 Å². The number of nitro benzene ring substituents is 1. The zero-order chi connectivity index (χ0) is 13.0. The predicted molar refractivity (Wildman–Crippen MR) is 64.4 cm³/mol. The van der Waals surface area contributed by atoms with Crippen molar-refractivity contribution in [3.05, 3.63) is 38.3 Å². The first-order valence-corrected chi connectivity index (χ1v) is 5.51. The molecule has 0 aromatic heterocycles. The summed E-state index contributed by atoms with van der Waals surface area (Å²) in [5, 5.41) is 10.8. The van der Waals surface area contributed by atoms with Crippen LogP contribution in [0.4, 0.5) is 5.69 Å². The van der Waals surface area contributed by atoms with Crippen molar-refractivity contribution in [3.8, 4) is 0 Å². The van der Waals surface area contributed by atoms with E-state index in [1.807, 2.05) is 0 Å². The number of ether oxygens (including phenoxy) is 1. The molecule has 6 nitrogen and oxygen atoms in total. The summed E-state index contributed by atoms with van der Waals surface area (Å²) in [4.78, 5) is 21.4. The Hall–Kier alpha value is -1.47. The lowest BCUT2D eigenvalue weighted by Crippen LogP contribution is -2.17. The normalized spacial score (nSPS) is 11.9. The number of nitrogens with two attached hydrogens (primary N) is 1. The molecule has 0 spiro atoms. The number of rotatable bonds is 4. The number of esters is 1. The van der Waals surface area contributed by atoms with Crippen molar-refractivity contribution >= 4 is 27.6 Å². The van der Waals surface area contributed by atoms with Crippen molar-refractivity contribution in [1.29, 1.82) is 0 Å². The van der Waals surface area contributed by atoms with Crippen molar-refractivity contribution < 1.29 is 14.5 Å². The number of carbonyl (C=O) groups excluding carboxylic acids is 1. The standard InChI is InChI=1S/C10H11BrN2O4/c1-17-10(14)5-8(12)7-3-2-6(11)4-9(7)13(15)16/h2-4,8H,5,12H2,1H3/t8-/m0/s1. The molecule has 0 amide bonds. The van der Waals surface area contributed by atoms with Crippen LogP contribution in [0.2, 0.25) is 0 Å². The van der Waals surface area contributed by atoms with E-state index in [2.05, 4.69) is 20.7 Å². The summed E-state index contributed by atoms with van der Waals surface area (Å²) in [5.41, 5.74) is 5.93. The van der Waals surface area contributed by atoms with Gasteiger partial charge in [-0.05, 0) is 12.1 Å². The average molecular weight is 303 g/mol. The number of hydrogen-bond donors (Lipinski definition) is 1. The van der Waals surface area contributed by atoms with E-state index in [4.69, 9.17) is 5.73 Å². The van der Waals surface area contributed by atoms with Gasteiger partial charge >= 0.3 is 5.97 Å². The first-order chi connectivity index (χ1) is 7.95. The van der Waals surface area contributed by atoms with Crippen molar-refractivity contribution in [2.75, 3.05) is 7.11 Å². The summed E-state index contributed by atoms with van der Waals surface area (Å²) in [6.07, 6.45) is -0.0982. The maximum Gasteiger partial charge on any atom is 0.307 e. The number of hydrogen-bond acceptors (Lipinski definition) is 5. The van der Waals surface area contributed by atoms with Crippen molar-refractivity contribution in [3.63, 3.8) is 0 Å². The molecular formula is C10H11BrN2O4. The van der Waals surface area contributed by atoms with Crippen molar-refractivity contribution in [2.24, 2.45) is 5.73 Å². The lowest BCUT2D eigenvalue weighted by molar-refractivity contribution is -0.385. The van der Waals surface area contributed by atoms with Crippen LogP contribution in [0.25, 0.3) is 0 Å². The SMILES string of the molecule is COC(=O)C[C@H](N)c1ccc(Br)cc1[N+](=O)[O-]. The Labute approximate surface area is 106 Å². The summed E-state index contributed by atoms with van der Waals surface area (Å²) < 4.78 is 5.05. The van der Waals surface area contributed by atoms with Gasteiger partial charge in [0, 0.05) is 22.1 Å². The molecule has 0 aliphatic carbocycles. The van der Waals surface area contributed by atoms with Crippen LogP contribution in [0, 0.1) is 10.1 Å². The molecule has 7 heteroatoms. The lowest BCUT2D eigenvalue weighted by atomic mass is 10.0. The maximum atomic E-state index is 11.1. The number of benzene rings is 1. The summed E-state index contributed by atoms with van der Waals surface area (Å²) in [5.74, 6) is -0.505. The van der Waals surface area contributed by atoms with Gasteiger partial charge in [0.15, 0.2) is 0 Å². The highest BCUT2D eigenvalue weighted by molar-refractivity contribution is 9.10. The van der Waals surface area contributed by atoms with Crippen LogP contribution in [0.15, 0.2) is 22.7 Å². The third-order valence-electron chi connectivity index (χ3n) is 2.20. The summed E-state index contributed by atoms with van der Waals surface area (Å²) in [6, 6.07) is 3.76. The highest BCUT2D eigenvalue weighted by atomic mass is 79.9. The third-order valence-corrected chi connectivity index (χ3v) is 2.70. The fraction of sp³-hybridized carbons (Fsp3) is 0.300. The van der Waals surface area contributed by atoms with Gasteiger partial charge in [-0.25, -0.2) is 0 Å². The fourth-order valence-electron chi connectivity index (χ4n) is 1.36. The lowest BCUT2D eigenvalue weighted by Gasteiger charge is -2.11. The van der Waals surface area contributed by atoms with Gasteiger partial charge in [0.05, 0.1) is 18.5 Å². The molecule has 0 heterocycles. The Kier molecular flexibility index (Phi) is 4.59. The Morgan fingerprint density at radius 1 is 1.65 bits per heavy atom. The van der Waals surface area contributed by atoms with E-state index in [9.17, 15) is 14.9 Å². The van der Waals surface area contributed by atoms with Gasteiger partial charge in [-0.2, -0.15) is 0 Å². The first-order valence-electron chi connectivity index (χ1n) is 4.72. The molecule has 1 rings (SSSR count). The average Bonchev–Trinajstić information content (AvgIpc) is 2.28. The van der Waals surface area contributed by atoms with E-state index < -0.39 is 16.9 Å². The molecular weight excluding hydrogens is 292 g/mol. The second kappa shape index (κ2) is 5.74. The number of methoxy groups -OCH3 is 1. The zero-order valence-electron chi connectivity index (χ0n) is 9.05. The molecule has 0 radical (unpaired) electrons. The molecule has 17 heavy (non-hydrogen) atoms. The van der Waals surface area contributed by atoms with E-state index in [1.165, 1.54) is 19.2 Å². The molecule has 1 aromatic rings. The minimum atomic E-state index is -0.754. The second-order valence-corrected chi connectivity index (χ2v) is 4.26. The number of nitro groups is 1. The Bertz CT molecular complexity index is 450.